The summed E-state index contributed by atoms with van der Waals surface area (Å²) in [6.45, 7) is 1.93. The van der Waals surface area contributed by atoms with E-state index in [1.807, 2.05) is 0 Å². The Bertz CT molecular complexity index is 285. The summed E-state index contributed by atoms with van der Waals surface area (Å²) in [6, 6.07) is 0.511. The van der Waals surface area contributed by atoms with E-state index >= 15 is 0 Å². The normalized spacial score (nSPS) is 21.0. The zero-order valence-electron chi connectivity index (χ0n) is 8.59. The molecule has 0 aliphatic carbocycles. The van der Waals surface area contributed by atoms with Crippen molar-refractivity contribution in [3.63, 3.8) is 0 Å². The lowest BCUT2D eigenvalue weighted by atomic mass is 10.1. The molecule has 15 heavy (non-hydrogen) atoms. The molecule has 1 aromatic heterocycles. The number of aliphatic hydroxyl groups excluding tert-OH is 1. The second-order valence-electron chi connectivity index (χ2n) is 3.74. The molecule has 0 radical (unpaired) electrons. The van der Waals surface area contributed by atoms with Crippen LogP contribution in [0.25, 0.3) is 0 Å². The standard InChI is InChI=1S/C9H16N4O.ClH/c14-7-9-6-13(12-11-9)5-8-3-1-2-4-10-8;/h6,8,10,14H,1-5,7H2;1H. The first-order valence-electron chi connectivity index (χ1n) is 5.12. The lowest BCUT2D eigenvalue weighted by Crippen LogP contribution is -2.37. The molecule has 1 fully saturated rings. The van der Waals surface area contributed by atoms with E-state index in [1.54, 1.807) is 10.9 Å². The number of nitrogens with one attached hydrogen (secondary N) is 1. The van der Waals surface area contributed by atoms with Gasteiger partial charge < -0.3 is 10.4 Å². The van der Waals surface area contributed by atoms with Crippen LogP contribution in [0.2, 0.25) is 0 Å². The highest BCUT2D eigenvalue weighted by atomic mass is 35.5. The van der Waals surface area contributed by atoms with Gasteiger partial charge in [0.25, 0.3) is 0 Å². The minimum absolute atomic E-state index is 0. The van der Waals surface area contributed by atoms with Crippen molar-refractivity contribution in [1.82, 2.24) is 20.3 Å². The van der Waals surface area contributed by atoms with Gasteiger partial charge in [-0.05, 0) is 19.4 Å². The first-order chi connectivity index (χ1) is 6.88. The highest BCUT2D eigenvalue weighted by Gasteiger charge is 2.13. The average Bonchev–Trinajstić information content (AvgIpc) is 2.67. The third kappa shape index (κ3) is 3.44. The van der Waals surface area contributed by atoms with E-state index in [0.717, 1.165) is 13.1 Å². The largest absolute Gasteiger partial charge is 0.390 e. The summed E-state index contributed by atoms with van der Waals surface area (Å²) < 4.78 is 1.80. The Morgan fingerprint density at radius 1 is 1.53 bits per heavy atom. The lowest BCUT2D eigenvalue weighted by Gasteiger charge is -2.22. The van der Waals surface area contributed by atoms with Crippen molar-refractivity contribution < 1.29 is 5.11 Å². The minimum atomic E-state index is -0.0297. The van der Waals surface area contributed by atoms with Crippen LogP contribution in [0.4, 0.5) is 0 Å². The van der Waals surface area contributed by atoms with Crippen molar-refractivity contribution in [2.75, 3.05) is 6.54 Å². The third-order valence-electron chi connectivity index (χ3n) is 2.57. The third-order valence-corrected chi connectivity index (χ3v) is 2.57. The molecule has 5 nitrogen and oxygen atoms in total. The summed E-state index contributed by atoms with van der Waals surface area (Å²) in [5, 5.41) is 20.1. The molecule has 2 N–H and O–H groups in total. The van der Waals surface area contributed by atoms with E-state index in [2.05, 4.69) is 15.6 Å². The van der Waals surface area contributed by atoms with Crippen LogP contribution in [0.1, 0.15) is 25.0 Å². The van der Waals surface area contributed by atoms with E-state index < -0.39 is 0 Å². The second kappa shape index (κ2) is 6.05. The Kier molecular flexibility index (Phi) is 5.01. The predicted octanol–water partition coefficient (Wildman–Crippen LogP) is 0.334. The van der Waals surface area contributed by atoms with Gasteiger partial charge in [-0.1, -0.05) is 11.6 Å². The molecular weight excluding hydrogens is 216 g/mol. The zero-order chi connectivity index (χ0) is 9.80. The molecule has 1 aliphatic rings. The second-order valence-corrected chi connectivity index (χ2v) is 3.74. The Morgan fingerprint density at radius 3 is 3.00 bits per heavy atom. The van der Waals surface area contributed by atoms with Crippen molar-refractivity contribution in [3.8, 4) is 0 Å². The first-order valence-corrected chi connectivity index (χ1v) is 5.12. The molecule has 0 bridgehead atoms. The molecule has 2 rings (SSSR count). The summed E-state index contributed by atoms with van der Waals surface area (Å²) in [5.74, 6) is 0. The van der Waals surface area contributed by atoms with Crippen LogP contribution in [-0.4, -0.2) is 32.7 Å². The molecule has 6 heteroatoms. The highest BCUT2D eigenvalue weighted by molar-refractivity contribution is 5.85. The maximum Gasteiger partial charge on any atom is 0.108 e. The Hall–Kier alpha value is -0.650. The molecular formula is C9H17ClN4O. The van der Waals surface area contributed by atoms with Crippen LogP contribution < -0.4 is 5.32 Å². The lowest BCUT2D eigenvalue weighted by molar-refractivity contribution is 0.276. The summed E-state index contributed by atoms with van der Waals surface area (Å²) in [5.41, 5.74) is 0.640. The minimum Gasteiger partial charge on any atom is -0.390 e. The van der Waals surface area contributed by atoms with E-state index in [1.165, 1.54) is 19.3 Å². The summed E-state index contributed by atoms with van der Waals surface area (Å²) in [6.07, 6.45) is 5.57. The van der Waals surface area contributed by atoms with Gasteiger partial charge >= 0.3 is 0 Å². The molecule has 1 atom stereocenters. The fraction of sp³-hybridized carbons (Fsp3) is 0.778. The van der Waals surface area contributed by atoms with Gasteiger partial charge in [0.15, 0.2) is 0 Å². The van der Waals surface area contributed by atoms with Crippen LogP contribution in [-0.2, 0) is 13.2 Å². The van der Waals surface area contributed by atoms with E-state index in [0.29, 0.717) is 11.7 Å². The summed E-state index contributed by atoms with van der Waals surface area (Å²) >= 11 is 0. The molecule has 0 amide bonds. The van der Waals surface area contributed by atoms with Gasteiger partial charge in [0, 0.05) is 6.04 Å². The number of rotatable bonds is 3. The summed E-state index contributed by atoms with van der Waals surface area (Å²) in [7, 11) is 0. The molecule has 2 heterocycles. The van der Waals surface area contributed by atoms with Crippen molar-refractivity contribution in [2.24, 2.45) is 0 Å². The molecule has 1 saturated heterocycles. The first kappa shape index (κ1) is 12.4. The average molecular weight is 233 g/mol. The van der Waals surface area contributed by atoms with Gasteiger partial charge in [-0.2, -0.15) is 0 Å². The van der Waals surface area contributed by atoms with Crippen LogP contribution >= 0.6 is 12.4 Å². The Morgan fingerprint density at radius 2 is 2.40 bits per heavy atom. The fourth-order valence-corrected chi connectivity index (χ4v) is 1.81. The molecule has 86 valence electrons. The van der Waals surface area contributed by atoms with Crippen LogP contribution in [0, 0.1) is 0 Å². The van der Waals surface area contributed by atoms with E-state index in [-0.39, 0.29) is 19.0 Å². The van der Waals surface area contributed by atoms with Gasteiger partial charge in [0.1, 0.15) is 5.69 Å². The van der Waals surface area contributed by atoms with Crippen LogP contribution in [0.5, 0.6) is 0 Å². The van der Waals surface area contributed by atoms with Crippen molar-refractivity contribution >= 4 is 12.4 Å². The molecule has 0 spiro atoms. The monoisotopic (exact) mass is 232 g/mol. The van der Waals surface area contributed by atoms with Crippen LogP contribution in [0.15, 0.2) is 6.20 Å². The van der Waals surface area contributed by atoms with Crippen molar-refractivity contribution in [1.29, 1.82) is 0 Å². The van der Waals surface area contributed by atoms with Gasteiger partial charge in [-0.3, -0.25) is 4.68 Å². The Balaban J connectivity index is 0.00000112. The van der Waals surface area contributed by atoms with Gasteiger partial charge in [-0.25, -0.2) is 0 Å². The number of aliphatic hydroxyl groups is 1. The van der Waals surface area contributed by atoms with E-state index in [4.69, 9.17) is 5.11 Å². The predicted molar refractivity (Wildman–Crippen MR) is 58.8 cm³/mol. The number of piperidine rings is 1. The van der Waals surface area contributed by atoms with Crippen LogP contribution in [0.3, 0.4) is 0 Å². The molecule has 0 aromatic carbocycles. The molecule has 0 saturated carbocycles. The maximum atomic E-state index is 8.83. The summed E-state index contributed by atoms with van der Waals surface area (Å²) in [4.78, 5) is 0. The molecule has 1 aromatic rings. The van der Waals surface area contributed by atoms with Gasteiger partial charge in [0.2, 0.25) is 0 Å². The molecule has 1 aliphatic heterocycles. The number of halogens is 1. The maximum absolute atomic E-state index is 8.83. The number of nitrogens with zero attached hydrogens (tertiary/aromatic N) is 3. The zero-order valence-corrected chi connectivity index (χ0v) is 9.41. The molecule has 1 unspecified atom stereocenters. The smallest absolute Gasteiger partial charge is 0.108 e. The van der Waals surface area contributed by atoms with Crippen molar-refractivity contribution in [3.05, 3.63) is 11.9 Å². The van der Waals surface area contributed by atoms with Gasteiger partial charge in [0.05, 0.1) is 19.3 Å². The highest BCUT2D eigenvalue weighted by Crippen LogP contribution is 2.08. The SMILES string of the molecule is Cl.OCc1cn(CC2CCCCN2)nn1. The topological polar surface area (TPSA) is 63.0 Å². The van der Waals surface area contributed by atoms with E-state index in [9.17, 15) is 0 Å². The number of hydrogen-bond acceptors (Lipinski definition) is 4. The Labute approximate surface area is 95.3 Å². The van der Waals surface area contributed by atoms with Crippen molar-refractivity contribution in [2.45, 2.75) is 38.5 Å². The quantitative estimate of drug-likeness (QED) is 0.789. The van der Waals surface area contributed by atoms with Gasteiger partial charge in [-0.15, -0.1) is 17.5 Å². The number of hydrogen-bond donors (Lipinski definition) is 2. The fourth-order valence-electron chi connectivity index (χ4n) is 1.81. The number of aromatic nitrogens is 3.